The van der Waals surface area contributed by atoms with Gasteiger partial charge in [-0.1, -0.05) is 0 Å². The van der Waals surface area contributed by atoms with Crippen molar-refractivity contribution in [2.75, 3.05) is 13.1 Å². The highest BCUT2D eigenvalue weighted by Crippen LogP contribution is 2.39. The van der Waals surface area contributed by atoms with Crippen LogP contribution in [0.25, 0.3) is 0 Å². The normalized spacial score (nSPS) is 43.9. The first-order chi connectivity index (χ1) is 7.24. The van der Waals surface area contributed by atoms with Gasteiger partial charge in [0.2, 0.25) is 5.91 Å². The second-order valence-electron chi connectivity index (χ2n) is 5.05. The van der Waals surface area contributed by atoms with E-state index in [1.165, 1.54) is 0 Å². The van der Waals surface area contributed by atoms with Gasteiger partial charge < -0.3 is 15.4 Å². The summed E-state index contributed by atoms with van der Waals surface area (Å²) in [6.07, 6.45) is 4.68. The maximum absolute atomic E-state index is 12.2. The quantitative estimate of drug-likeness (QED) is 0.668. The monoisotopic (exact) mass is 210 g/mol. The molecule has 3 unspecified atom stereocenters. The van der Waals surface area contributed by atoms with Crippen LogP contribution in [0.4, 0.5) is 0 Å². The fourth-order valence-electron chi connectivity index (χ4n) is 3.12. The Morgan fingerprint density at radius 2 is 2.20 bits per heavy atom. The Bertz CT molecular complexity index is 282. The fourth-order valence-corrected chi connectivity index (χ4v) is 3.12. The van der Waals surface area contributed by atoms with E-state index in [1.807, 2.05) is 4.90 Å². The summed E-state index contributed by atoms with van der Waals surface area (Å²) in [6.45, 7) is 1.58. The van der Waals surface area contributed by atoms with Crippen molar-refractivity contribution in [2.24, 2.45) is 11.7 Å². The fraction of sp³-hybridized carbons (Fsp3) is 0.909. The molecule has 3 fully saturated rings. The van der Waals surface area contributed by atoms with Gasteiger partial charge in [0.25, 0.3) is 0 Å². The smallest absolute Gasteiger partial charge is 0.228 e. The van der Waals surface area contributed by atoms with E-state index in [0.717, 1.165) is 38.8 Å². The van der Waals surface area contributed by atoms with Crippen molar-refractivity contribution >= 4 is 5.91 Å². The van der Waals surface area contributed by atoms with E-state index in [4.69, 9.17) is 10.5 Å². The molecule has 4 atom stereocenters. The Balaban J connectivity index is 1.65. The van der Waals surface area contributed by atoms with Crippen LogP contribution in [0.1, 0.15) is 25.7 Å². The lowest BCUT2D eigenvalue weighted by Gasteiger charge is -2.24. The summed E-state index contributed by atoms with van der Waals surface area (Å²) < 4.78 is 5.71. The third-order valence-corrected chi connectivity index (χ3v) is 3.96. The molecule has 0 spiro atoms. The summed E-state index contributed by atoms with van der Waals surface area (Å²) in [5.41, 5.74) is 5.81. The van der Waals surface area contributed by atoms with Crippen molar-refractivity contribution in [1.29, 1.82) is 0 Å². The number of nitrogens with zero attached hydrogens (tertiary/aromatic N) is 1. The van der Waals surface area contributed by atoms with E-state index >= 15 is 0 Å². The average Bonchev–Trinajstić information content (AvgIpc) is 2.90. The Morgan fingerprint density at radius 3 is 2.73 bits per heavy atom. The Hall–Kier alpha value is -0.610. The first-order valence-electron chi connectivity index (χ1n) is 5.94. The van der Waals surface area contributed by atoms with Crippen molar-refractivity contribution in [3.63, 3.8) is 0 Å². The third kappa shape index (κ3) is 1.56. The molecule has 3 saturated heterocycles. The Kier molecular flexibility index (Phi) is 2.21. The minimum Gasteiger partial charge on any atom is -0.374 e. The van der Waals surface area contributed by atoms with Crippen LogP contribution in [0.3, 0.4) is 0 Å². The maximum Gasteiger partial charge on any atom is 0.228 e. The van der Waals surface area contributed by atoms with Gasteiger partial charge in [-0.15, -0.1) is 0 Å². The molecular formula is C11H18N2O2. The molecule has 3 aliphatic rings. The second kappa shape index (κ2) is 3.46. The summed E-state index contributed by atoms with van der Waals surface area (Å²) in [5.74, 6) is 0.421. The molecule has 0 aliphatic carbocycles. The minimum atomic E-state index is 0.133. The number of amides is 1. The van der Waals surface area contributed by atoms with Crippen molar-refractivity contribution in [3.8, 4) is 0 Å². The van der Waals surface area contributed by atoms with Crippen LogP contribution in [-0.4, -0.2) is 42.1 Å². The molecule has 84 valence electrons. The SMILES string of the molecule is N[C@H]1CCN(C(=O)C2CC3CCC2O3)C1. The van der Waals surface area contributed by atoms with Crippen LogP contribution in [0.15, 0.2) is 0 Å². The zero-order valence-electron chi connectivity index (χ0n) is 8.89. The van der Waals surface area contributed by atoms with E-state index in [9.17, 15) is 4.79 Å². The molecule has 4 nitrogen and oxygen atoms in total. The number of ether oxygens (including phenoxy) is 1. The van der Waals surface area contributed by atoms with Gasteiger partial charge in [0, 0.05) is 19.1 Å². The first kappa shape index (κ1) is 9.60. The number of carbonyl (C=O) groups excluding carboxylic acids is 1. The molecule has 2 N–H and O–H groups in total. The van der Waals surface area contributed by atoms with Crippen LogP contribution in [0, 0.1) is 5.92 Å². The lowest BCUT2D eigenvalue weighted by atomic mass is 9.88. The molecule has 3 aliphatic heterocycles. The van der Waals surface area contributed by atoms with E-state index in [2.05, 4.69) is 0 Å². The zero-order valence-corrected chi connectivity index (χ0v) is 8.89. The van der Waals surface area contributed by atoms with Crippen molar-refractivity contribution in [2.45, 2.75) is 43.9 Å². The van der Waals surface area contributed by atoms with Crippen LogP contribution in [0.2, 0.25) is 0 Å². The van der Waals surface area contributed by atoms with Crippen molar-refractivity contribution in [3.05, 3.63) is 0 Å². The van der Waals surface area contributed by atoms with Gasteiger partial charge in [0.15, 0.2) is 0 Å². The highest BCUT2D eigenvalue weighted by molar-refractivity contribution is 5.80. The molecule has 4 heteroatoms. The summed E-state index contributed by atoms with van der Waals surface area (Å²) >= 11 is 0. The molecule has 1 amide bonds. The number of likely N-dealkylation sites (tertiary alicyclic amines) is 1. The lowest BCUT2D eigenvalue weighted by molar-refractivity contribution is -0.136. The van der Waals surface area contributed by atoms with Crippen molar-refractivity contribution < 1.29 is 9.53 Å². The number of hydrogen-bond acceptors (Lipinski definition) is 3. The molecule has 15 heavy (non-hydrogen) atoms. The zero-order chi connectivity index (χ0) is 10.4. The third-order valence-electron chi connectivity index (χ3n) is 3.96. The number of hydrogen-bond donors (Lipinski definition) is 1. The van der Waals surface area contributed by atoms with E-state index in [1.54, 1.807) is 0 Å². The summed E-state index contributed by atoms with van der Waals surface area (Å²) in [7, 11) is 0. The molecule has 0 radical (unpaired) electrons. The number of rotatable bonds is 1. The van der Waals surface area contributed by atoms with Gasteiger partial charge in [0.1, 0.15) is 0 Å². The highest BCUT2D eigenvalue weighted by Gasteiger charge is 2.46. The average molecular weight is 210 g/mol. The van der Waals surface area contributed by atoms with Crippen LogP contribution in [0.5, 0.6) is 0 Å². The maximum atomic E-state index is 12.2. The second-order valence-corrected chi connectivity index (χ2v) is 5.05. The molecule has 0 aromatic carbocycles. The van der Waals surface area contributed by atoms with Gasteiger partial charge in [-0.25, -0.2) is 0 Å². The molecule has 3 rings (SSSR count). The van der Waals surface area contributed by atoms with Gasteiger partial charge >= 0.3 is 0 Å². The molecular weight excluding hydrogens is 192 g/mol. The van der Waals surface area contributed by atoms with E-state index in [0.29, 0.717) is 6.10 Å². The largest absolute Gasteiger partial charge is 0.374 e. The Morgan fingerprint density at radius 1 is 1.33 bits per heavy atom. The predicted octanol–water partition coefficient (Wildman–Crippen LogP) is 0.113. The van der Waals surface area contributed by atoms with Gasteiger partial charge in [-0.05, 0) is 25.7 Å². The topological polar surface area (TPSA) is 55.6 Å². The highest BCUT2D eigenvalue weighted by atomic mass is 16.5. The minimum absolute atomic E-state index is 0.133. The molecule has 0 aromatic heterocycles. The van der Waals surface area contributed by atoms with Gasteiger partial charge in [-0.3, -0.25) is 4.79 Å². The molecule has 3 heterocycles. The van der Waals surface area contributed by atoms with Crippen LogP contribution < -0.4 is 5.73 Å². The number of fused-ring (bicyclic) bond motifs is 2. The number of carbonyl (C=O) groups is 1. The van der Waals surface area contributed by atoms with E-state index in [-0.39, 0.29) is 24.0 Å². The molecule has 0 saturated carbocycles. The summed E-state index contributed by atoms with van der Waals surface area (Å²) in [4.78, 5) is 14.1. The first-order valence-corrected chi connectivity index (χ1v) is 5.94. The van der Waals surface area contributed by atoms with Gasteiger partial charge in [0.05, 0.1) is 18.1 Å². The van der Waals surface area contributed by atoms with Crippen molar-refractivity contribution in [1.82, 2.24) is 4.90 Å². The molecule has 0 aromatic rings. The van der Waals surface area contributed by atoms with Crippen LogP contribution >= 0.6 is 0 Å². The summed E-state index contributed by atoms with van der Waals surface area (Å²) in [6, 6.07) is 0.188. The lowest BCUT2D eigenvalue weighted by Crippen LogP contribution is -2.39. The summed E-state index contributed by atoms with van der Waals surface area (Å²) in [5, 5.41) is 0. The molecule has 2 bridgehead atoms. The standard InChI is InChI=1S/C11H18N2O2/c12-7-3-4-13(6-7)11(14)9-5-8-1-2-10(9)15-8/h7-10H,1-6,12H2/t7-,8?,9?,10?/m0/s1. The van der Waals surface area contributed by atoms with Crippen LogP contribution in [-0.2, 0) is 9.53 Å². The Labute approximate surface area is 89.7 Å². The van der Waals surface area contributed by atoms with Gasteiger partial charge in [-0.2, -0.15) is 0 Å². The number of nitrogens with two attached hydrogens (primary N) is 1. The van der Waals surface area contributed by atoms with E-state index < -0.39 is 0 Å². The predicted molar refractivity (Wildman–Crippen MR) is 55.2 cm³/mol.